The number of nitrogens with zero attached hydrogens (tertiary/aromatic N) is 2. The van der Waals surface area contributed by atoms with E-state index in [0.717, 1.165) is 18.5 Å². The molecule has 1 aromatic heterocycles. The molecule has 2 saturated heterocycles. The molecule has 0 aromatic carbocycles. The molecule has 2 atom stereocenters. The summed E-state index contributed by atoms with van der Waals surface area (Å²) < 4.78 is 5.72. The molecule has 1 amide bonds. The van der Waals surface area contributed by atoms with Gasteiger partial charge in [-0.05, 0) is 25.3 Å². The lowest BCUT2D eigenvalue weighted by Gasteiger charge is -2.42. The van der Waals surface area contributed by atoms with Crippen molar-refractivity contribution >= 4 is 12.0 Å². The number of aliphatic hydroxyl groups excluding tert-OH is 1. The molecule has 6 heteroatoms. The number of rotatable bonds is 2. The van der Waals surface area contributed by atoms with Crippen LogP contribution in [0.2, 0.25) is 0 Å². The average molecular weight is 277 g/mol. The monoisotopic (exact) mass is 277 g/mol. The van der Waals surface area contributed by atoms with Crippen LogP contribution in [0, 0.1) is 0 Å². The van der Waals surface area contributed by atoms with Crippen molar-refractivity contribution in [3.05, 3.63) is 24.3 Å². The number of carbonyl (C=O) groups excluding carboxylic acids is 1. The quantitative estimate of drug-likeness (QED) is 0.775. The number of H-pyrrole nitrogens is 1. The maximum absolute atomic E-state index is 12.1. The molecule has 2 fully saturated rings. The van der Waals surface area contributed by atoms with Crippen molar-refractivity contribution in [1.82, 2.24) is 14.9 Å². The van der Waals surface area contributed by atoms with E-state index in [9.17, 15) is 9.90 Å². The van der Waals surface area contributed by atoms with Crippen molar-refractivity contribution in [3.63, 3.8) is 0 Å². The molecular weight excluding hydrogens is 258 g/mol. The van der Waals surface area contributed by atoms with Crippen molar-refractivity contribution in [2.75, 3.05) is 19.7 Å². The van der Waals surface area contributed by atoms with Crippen LogP contribution < -0.4 is 0 Å². The third-order valence-electron chi connectivity index (χ3n) is 4.18. The van der Waals surface area contributed by atoms with Gasteiger partial charge in [0, 0.05) is 25.8 Å². The van der Waals surface area contributed by atoms with Gasteiger partial charge in [-0.2, -0.15) is 0 Å². The number of hydrogen-bond donors (Lipinski definition) is 2. The lowest BCUT2D eigenvalue weighted by molar-refractivity contribution is -0.148. The Hall–Kier alpha value is -1.66. The maximum atomic E-state index is 12.1. The molecular formula is C14H19N3O3. The van der Waals surface area contributed by atoms with Gasteiger partial charge >= 0.3 is 0 Å². The summed E-state index contributed by atoms with van der Waals surface area (Å²) in [4.78, 5) is 20.6. The van der Waals surface area contributed by atoms with E-state index < -0.39 is 11.7 Å². The van der Waals surface area contributed by atoms with Crippen molar-refractivity contribution in [2.45, 2.75) is 31.0 Å². The van der Waals surface area contributed by atoms with Gasteiger partial charge in [0.2, 0.25) is 5.91 Å². The highest BCUT2D eigenvalue weighted by atomic mass is 16.5. The molecule has 0 bridgehead atoms. The highest BCUT2D eigenvalue weighted by molar-refractivity contribution is 5.91. The average Bonchev–Trinajstić information content (AvgIpc) is 3.11. The van der Waals surface area contributed by atoms with Crippen LogP contribution in [0.3, 0.4) is 0 Å². The molecule has 6 nitrogen and oxygen atoms in total. The summed E-state index contributed by atoms with van der Waals surface area (Å²) >= 11 is 0. The number of ether oxygens (including phenoxy) is 1. The number of amides is 1. The van der Waals surface area contributed by atoms with Gasteiger partial charge in [0.15, 0.2) is 0 Å². The number of likely N-dealkylation sites (tertiary alicyclic amines) is 1. The van der Waals surface area contributed by atoms with E-state index in [1.54, 1.807) is 23.5 Å². The van der Waals surface area contributed by atoms with E-state index in [-0.39, 0.29) is 5.91 Å². The molecule has 1 aromatic rings. The predicted molar refractivity (Wildman–Crippen MR) is 72.7 cm³/mol. The fourth-order valence-corrected chi connectivity index (χ4v) is 2.96. The fourth-order valence-electron chi connectivity index (χ4n) is 2.96. The molecule has 0 radical (unpaired) electrons. The Morgan fingerprint density at radius 2 is 2.50 bits per heavy atom. The van der Waals surface area contributed by atoms with Crippen LogP contribution in [-0.2, 0) is 9.53 Å². The van der Waals surface area contributed by atoms with E-state index in [4.69, 9.17) is 4.74 Å². The van der Waals surface area contributed by atoms with Gasteiger partial charge in [0.25, 0.3) is 0 Å². The van der Waals surface area contributed by atoms with Gasteiger partial charge < -0.3 is 19.7 Å². The van der Waals surface area contributed by atoms with Crippen LogP contribution in [0.4, 0.5) is 0 Å². The molecule has 1 spiro atoms. The first kappa shape index (κ1) is 13.3. The number of hydrogen-bond acceptors (Lipinski definition) is 4. The third-order valence-corrected chi connectivity index (χ3v) is 4.18. The van der Waals surface area contributed by atoms with E-state index in [0.29, 0.717) is 26.1 Å². The topological polar surface area (TPSA) is 78.5 Å². The lowest BCUT2D eigenvalue weighted by atomic mass is 9.86. The Kier molecular flexibility index (Phi) is 3.58. The van der Waals surface area contributed by atoms with Crippen LogP contribution in [0.5, 0.6) is 0 Å². The zero-order valence-corrected chi connectivity index (χ0v) is 11.3. The number of nitrogens with one attached hydrogen (secondary N) is 1. The predicted octanol–water partition coefficient (Wildman–Crippen LogP) is 0.565. The van der Waals surface area contributed by atoms with Crippen LogP contribution in [0.15, 0.2) is 18.6 Å². The zero-order chi connectivity index (χ0) is 14.0. The Morgan fingerprint density at radius 1 is 1.60 bits per heavy atom. The largest absolute Gasteiger partial charge is 0.388 e. The first-order valence-electron chi connectivity index (χ1n) is 6.97. The number of aromatic nitrogens is 2. The summed E-state index contributed by atoms with van der Waals surface area (Å²) in [6, 6.07) is 0. The minimum absolute atomic E-state index is 0.0912. The lowest BCUT2D eigenvalue weighted by Crippen LogP contribution is -2.56. The van der Waals surface area contributed by atoms with Crippen LogP contribution in [-0.4, -0.2) is 57.3 Å². The van der Waals surface area contributed by atoms with Crippen molar-refractivity contribution in [2.24, 2.45) is 0 Å². The highest BCUT2D eigenvalue weighted by Crippen LogP contribution is 2.35. The van der Waals surface area contributed by atoms with Gasteiger partial charge in [-0.1, -0.05) is 0 Å². The molecule has 2 aliphatic rings. The second-order valence-electron chi connectivity index (χ2n) is 5.41. The summed E-state index contributed by atoms with van der Waals surface area (Å²) in [7, 11) is 0. The smallest absolute Gasteiger partial charge is 0.246 e. The number of imidazole rings is 1. The molecule has 2 aliphatic heterocycles. The molecule has 0 saturated carbocycles. The summed E-state index contributed by atoms with van der Waals surface area (Å²) in [5, 5.41) is 10.3. The summed E-state index contributed by atoms with van der Waals surface area (Å²) in [5.74, 6) is -0.0912. The maximum Gasteiger partial charge on any atom is 0.246 e. The first-order chi connectivity index (χ1) is 9.70. The Labute approximate surface area is 117 Å². The fraction of sp³-hybridized carbons (Fsp3) is 0.571. The van der Waals surface area contributed by atoms with Gasteiger partial charge in [-0.25, -0.2) is 4.98 Å². The standard InChI is InChI=1S/C14H19N3O3/c18-12-9-17(6-5-14(12)4-1-7-20-14)13(19)3-2-11-8-15-10-16-11/h2-3,8,10,12,18H,1,4-7,9H2,(H,15,16)/b3-2+/t12-,14-/m1/s1. The summed E-state index contributed by atoms with van der Waals surface area (Å²) in [6.07, 6.45) is 8.41. The summed E-state index contributed by atoms with van der Waals surface area (Å²) in [5.41, 5.74) is 0.371. The molecule has 2 N–H and O–H groups in total. The zero-order valence-electron chi connectivity index (χ0n) is 11.3. The highest BCUT2D eigenvalue weighted by Gasteiger charge is 2.46. The minimum Gasteiger partial charge on any atom is -0.388 e. The van der Waals surface area contributed by atoms with E-state index in [2.05, 4.69) is 9.97 Å². The number of carbonyl (C=O) groups is 1. The molecule has 108 valence electrons. The number of aromatic amines is 1. The van der Waals surface area contributed by atoms with Crippen LogP contribution >= 0.6 is 0 Å². The summed E-state index contributed by atoms with van der Waals surface area (Å²) in [6.45, 7) is 1.68. The van der Waals surface area contributed by atoms with E-state index >= 15 is 0 Å². The number of piperidine rings is 1. The third kappa shape index (κ3) is 2.48. The molecule has 3 rings (SSSR count). The SMILES string of the molecule is O=C(/C=C/c1cnc[nH]1)N1CC[C@]2(CCCO2)[C@H](O)C1. The normalized spacial score (nSPS) is 30.4. The number of aliphatic hydroxyl groups is 1. The van der Waals surface area contributed by atoms with Crippen LogP contribution in [0.1, 0.15) is 25.0 Å². The van der Waals surface area contributed by atoms with Crippen molar-refractivity contribution < 1.29 is 14.6 Å². The molecule has 3 heterocycles. The van der Waals surface area contributed by atoms with Gasteiger partial charge in [-0.3, -0.25) is 4.79 Å². The van der Waals surface area contributed by atoms with Crippen molar-refractivity contribution in [1.29, 1.82) is 0 Å². The molecule has 0 unspecified atom stereocenters. The first-order valence-corrected chi connectivity index (χ1v) is 6.97. The molecule has 0 aliphatic carbocycles. The van der Waals surface area contributed by atoms with Gasteiger partial charge in [-0.15, -0.1) is 0 Å². The van der Waals surface area contributed by atoms with E-state index in [1.807, 2.05) is 0 Å². The Balaban J connectivity index is 1.60. The second kappa shape index (κ2) is 5.38. The van der Waals surface area contributed by atoms with Crippen LogP contribution in [0.25, 0.3) is 6.08 Å². The van der Waals surface area contributed by atoms with Gasteiger partial charge in [0.05, 0.1) is 23.8 Å². The minimum atomic E-state index is -0.594. The second-order valence-corrected chi connectivity index (χ2v) is 5.41. The molecule has 20 heavy (non-hydrogen) atoms. The van der Waals surface area contributed by atoms with Gasteiger partial charge in [0.1, 0.15) is 6.10 Å². The van der Waals surface area contributed by atoms with E-state index in [1.165, 1.54) is 6.08 Å². The Morgan fingerprint density at radius 3 is 3.15 bits per heavy atom. The number of β-amino-alcohol motifs (C(OH)–C–C–N with tert-alkyl or cyclic N) is 1. The Bertz CT molecular complexity index is 492. The van der Waals surface area contributed by atoms with Crippen molar-refractivity contribution in [3.8, 4) is 0 Å².